The normalized spacial score (nSPS) is 17.0. The molecule has 1 saturated heterocycles. The Kier molecular flexibility index (Phi) is 4.22. The molecule has 3 rings (SSSR count). The number of hydrogen-bond donors (Lipinski definition) is 0. The number of carbonyl (C=O) groups is 1. The first-order valence-electron chi connectivity index (χ1n) is 7.31. The molecular formula is C17H17N3O2. The van der Waals surface area contributed by atoms with Crippen molar-refractivity contribution in [2.24, 2.45) is 0 Å². The van der Waals surface area contributed by atoms with Crippen molar-refractivity contribution >= 4 is 5.91 Å². The molecule has 0 aliphatic carbocycles. The Balaban J connectivity index is 1.63. The average Bonchev–Trinajstić information content (AvgIpc) is 3.11. The molecule has 1 atom stereocenters. The molecule has 112 valence electrons. The third-order valence-corrected chi connectivity index (χ3v) is 3.92. The van der Waals surface area contributed by atoms with Gasteiger partial charge < -0.3 is 9.32 Å². The molecule has 1 fully saturated rings. The molecule has 0 bridgehead atoms. The van der Waals surface area contributed by atoms with Gasteiger partial charge in [-0.1, -0.05) is 18.2 Å². The van der Waals surface area contributed by atoms with Gasteiger partial charge in [-0.05, 0) is 24.3 Å². The zero-order valence-corrected chi connectivity index (χ0v) is 12.2. The molecule has 1 aromatic carbocycles. The molecule has 1 amide bonds. The molecule has 1 aliphatic rings. The maximum absolute atomic E-state index is 12.4. The predicted molar refractivity (Wildman–Crippen MR) is 81.0 cm³/mol. The van der Waals surface area contributed by atoms with E-state index < -0.39 is 0 Å². The second kappa shape index (κ2) is 6.46. The zero-order chi connectivity index (χ0) is 15.4. The van der Waals surface area contributed by atoms with E-state index >= 15 is 0 Å². The van der Waals surface area contributed by atoms with Gasteiger partial charge in [0.05, 0.1) is 12.3 Å². The number of nitrogens with zero attached hydrogens (tertiary/aromatic N) is 3. The number of rotatable bonds is 3. The Morgan fingerprint density at radius 2 is 1.82 bits per heavy atom. The summed E-state index contributed by atoms with van der Waals surface area (Å²) in [5.74, 6) is 0.706. The van der Waals surface area contributed by atoms with Crippen LogP contribution in [0.3, 0.4) is 0 Å². The fraction of sp³-hybridized carbons (Fsp3) is 0.294. The summed E-state index contributed by atoms with van der Waals surface area (Å²) in [4.78, 5) is 16.3. The number of carbonyl (C=O) groups excluding carboxylic acids is 1. The lowest BCUT2D eigenvalue weighted by atomic mass is 10.1. The van der Waals surface area contributed by atoms with Crippen LogP contribution in [0.15, 0.2) is 53.1 Å². The third kappa shape index (κ3) is 2.87. The van der Waals surface area contributed by atoms with Crippen LogP contribution in [-0.2, 0) is 0 Å². The van der Waals surface area contributed by atoms with Gasteiger partial charge in [0.1, 0.15) is 5.76 Å². The van der Waals surface area contributed by atoms with Crippen LogP contribution in [0.2, 0.25) is 0 Å². The summed E-state index contributed by atoms with van der Waals surface area (Å²) < 4.78 is 5.34. The van der Waals surface area contributed by atoms with Gasteiger partial charge in [-0.2, -0.15) is 5.26 Å². The van der Waals surface area contributed by atoms with E-state index in [0.717, 1.165) is 0 Å². The number of amides is 1. The van der Waals surface area contributed by atoms with Crippen molar-refractivity contribution in [1.29, 1.82) is 5.26 Å². The SMILES string of the molecule is N#CC(c1ccco1)N1CCN(C(=O)c2ccccc2)CC1. The summed E-state index contributed by atoms with van der Waals surface area (Å²) in [6, 6.07) is 14.8. The van der Waals surface area contributed by atoms with Gasteiger partial charge in [-0.25, -0.2) is 0 Å². The second-order valence-electron chi connectivity index (χ2n) is 5.24. The van der Waals surface area contributed by atoms with Gasteiger partial charge in [-0.3, -0.25) is 9.69 Å². The van der Waals surface area contributed by atoms with Gasteiger partial charge in [-0.15, -0.1) is 0 Å². The van der Waals surface area contributed by atoms with Crippen LogP contribution in [0, 0.1) is 11.3 Å². The van der Waals surface area contributed by atoms with E-state index in [9.17, 15) is 10.1 Å². The lowest BCUT2D eigenvalue weighted by Gasteiger charge is -2.36. The van der Waals surface area contributed by atoms with Crippen LogP contribution in [0.25, 0.3) is 0 Å². The summed E-state index contributed by atoms with van der Waals surface area (Å²) >= 11 is 0. The molecule has 1 unspecified atom stereocenters. The highest BCUT2D eigenvalue weighted by Crippen LogP contribution is 2.22. The van der Waals surface area contributed by atoms with E-state index in [1.54, 1.807) is 12.3 Å². The van der Waals surface area contributed by atoms with E-state index in [2.05, 4.69) is 6.07 Å². The fourth-order valence-corrected chi connectivity index (χ4v) is 2.72. The van der Waals surface area contributed by atoms with Crippen molar-refractivity contribution in [3.05, 3.63) is 60.1 Å². The maximum atomic E-state index is 12.4. The number of benzene rings is 1. The minimum Gasteiger partial charge on any atom is -0.467 e. The molecule has 0 radical (unpaired) electrons. The first-order chi connectivity index (χ1) is 10.8. The monoisotopic (exact) mass is 295 g/mol. The summed E-state index contributed by atoms with van der Waals surface area (Å²) in [6.45, 7) is 2.56. The van der Waals surface area contributed by atoms with Gasteiger partial charge >= 0.3 is 0 Å². The highest BCUT2D eigenvalue weighted by atomic mass is 16.3. The van der Waals surface area contributed by atoms with Crippen molar-refractivity contribution in [2.45, 2.75) is 6.04 Å². The highest BCUT2D eigenvalue weighted by Gasteiger charge is 2.28. The van der Waals surface area contributed by atoms with Crippen LogP contribution in [-0.4, -0.2) is 41.9 Å². The second-order valence-corrected chi connectivity index (χ2v) is 5.24. The third-order valence-electron chi connectivity index (χ3n) is 3.92. The zero-order valence-electron chi connectivity index (χ0n) is 12.2. The first kappa shape index (κ1) is 14.4. The van der Waals surface area contributed by atoms with Crippen LogP contribution in [0.5, 0.6) is 0 Å². The standard InChI is InChI=1S/C17H17N3O2/c18-13-15(16-7-4-12-22-16)19-8-10-20(11-9-19)17(21)14-5-2-1-3-6-14/h1-7,12,15H,8-11H2. The maximum Gasteiger partial charge on any atom is 0.253 e. The first-order valence-corrected chi connectivity index (χ1v) is 7.31. The lowest BCUT2D eigenvalue weighted by Crippen LogP contribution is -2.49. The summed E-state index contributed by atoms with van der Waals surface area (Å²) in [6.07, 6.45) is 1.58. The largest absolute Gasteiger partial charge is 0.467 e. The molecule has 0 saturated carbocycles. The summed E-state index contributed by atoms with van der Waals surface area (Å²) in [5, 5.41) is 9.37. The van der Waals surface area contributed by atoms with E-state index in [1.165, 1.54) is 0 Å². The van der Waals surface area contributed by atoms with E-state index in [1.807, 2.05) is 46.2 Å². The van der Waals surface area contributed by atoms with E-state index in [4.69, 9.17) is 4.42 Å². The Hall–Kier alpha value is -2.58. The van der Waals surface area contributed by atoms with Crippen molar-refractivity contribution in [2.75, 3.05) is 26.2 Å². The Morgan fingerprint density at radius 1 is 1.09 bits per heavy atom. The van der Waals surface area contributed by atoms with Crippen LogP contribution in [0.4, 0.5) is 0 Å². The minimum atomic E-state index is -0.385. The lowest BCUT2D eigenvalue weighted by molar-refractivity contribution is 0.0594. The van der Waals surface area contributed by atoms with Crippen molar-refractivity contribution < 1.29 is 9.21 Å². The minimum absolute atomic E-state index is 0.0479. The van der Waals surface area contributed by atoms with Gasteiger partial charge in [0.2, 0.25) is 0 Å². The Bertz CT molecular complexity index is 653. The molecule has 5 heteroatoms. The van der Waals surface area contributed by atoms with Crippen LogP contribution >= 0.6 is 0 Å². The van der Waals surface area contributed by atoms with Crippen LogP contribution in [0.1, 0.15) is 22.2 Å². The Labute approximate surface area is 129 Å². The molecule has 2 aromatic rings. The molecule has 5 nitrogen and oxygen atoms in total. The molecule has 0 N–H and O–H groups in total. The van der Waals surface area contributed by atoms with E-state index in [-0.39, 0.29) is 11.9 Å². The highest BCUT2D eigenvalue weighted by molar-refractivity contribution is 5.94. The smallest absolute Gasteiger partial charge is 0.253 e. The fourth-order valence-electron chi connectivity index (χ4n) is 2.72. The molecule has 1 aliphatic heterocycles. The van der Waals surface area contributed by atoms with Crippen LogP contribution < -0.4 is 0 Å². The van der Waals surface area contributed by atoms with Crippen molar-refractivity contribution in [1.82, 2.24) is 9.80 Å². The Morgan fingerprint density at radius 3 is 2.41 bits per heavy atom. The summed E-state index contributed by atoms with van der Waals surface area (Å²) in [7, 11) is 0. The van der Waals surface area contributed by atoms with E-state index in [0.29, 0.717) is 37.5 Å². The number of nitriles is 1. The van der Waals surface area contributed by atoms with Gasteiger partial charge in [0.15, 0.2) is 6.04 Å². The topological polar surface area (TPSA) is 60.5 Å². The number of furan rings is 1. The van der Waals surface area contributed by atoms with Crippen molar-refractivity contribution in [3.8, 4) is 6.07 Å². The predicted octanol–water partition coefficient (Wildman–Crippen LogP) is 2.30. The number of piperazine rings is 1. The number of hydrogen-bond acceptors (Lipinski definition) is 4. The van der Waals surface area contributed by atoms with Gasteiger partial charge in [0.25, 0.3) is 5.91 Å². The average molecular weight is 295 g/mol. The molecule has 22 heavy (non-hydrogen) atoms. The van der Waals surface area contributed by atoms with Gasteiger partial charge in [0, 0.05) is 31.7 Å². The molecule has 0 spiro atoms. The van der Waals surface area contributed by atoms with Crippen molar-refractivity contribution in [3.63, 3.8) is 0 Å². The quantitative estimate of drug-likeness (QED) is 0.871. The molecular weight excluding hydrogens is 278 g/mol. The molecule has 2 heterocycles. The molecule has 1 aromatic heterocycles. The summed E-state index contributed by atoms with van der Waals surface area (Å²) in [5.41, 5.74) is 0.707.